The second kappa shape index (κ2) is 6.04. The maximum Gasteiger partial charge on any atom is 0.142 e. The van der Waals surface area contributed by atoms with E-state index in [-0.39, 0.29) is 5.82 Å². The third-order valence-corrected chi connectivity index (χ3v) is 4.35. The first-order valence-electron chi connectivity index (χ1n) is 7.33. The zero-order chi connectivity index (χ0) is 15.7. The van der Waals surface area contributed by atoms with Crippen LogP contribution < -0.4 is 11.5 Å². The minimum Gasteiger partial charge on any atom is -0.404 e. The monoisotopic (exact) mass is 318 g/mol. The highest BCUT2D eigenvalue weighted by Crippen LogP contribution is 2.40. The molecule has 0 amide bonds. The number of nitrogens with two attached hydrogens (primary N) is 2. The first kappa shape index (κ1) is 15.0. The molecule has 0 bridgehead atoms. The van der Waals surface area contributed by atoms with Gasteiger partial charge in [-0.25, -0.2) is 9.37 Å². The predicted molar refractivity (Wildman–Crippen MR) is 90.5 cm³/mol. The van der Waals surface area contributed by atoms with E-state index in [1.807, 2.05) is 13.0 Å². The highest BCUT2D eigenvalue weighted by molar-refractivity contribution is 8.02. The lowest BCUT2D eigenvalue weighted by molar-refractivity contribution is 0.628. The van der Waals surface area contributed by atoms with Gasteiger partial charge in [0.05, 0.1) is 16.1 Å². The number of benzene rings is 1. The second-order valence-electron chi connectivity index (χ2n) is 5.27. The fraction of sp³-hybridized carbons (Fsp3) is 0.312. The molecule has 1 aliphatic carbocycles. The number of aromatic nitrogens is 2. The second-order valence-corrected chi connectivity index (χ2v) is 6.61. The lowest BCUT2D eigenvalue weighted by Crippen LogP contribution is -2.03. The highest BCUT2D eigenvalue weighted by atomic mass is 32.2. The smallest absolute Gasteiger partial charge is 0.142 e. The van der Waals surface area contributed by atoms with E-state index in [1.54, 1.807) is 17.8 Å². The van der Waals surface area contributed by atoms with Gasteiger partial charge in [0.25, 0.3) is 0 Å². The molecule has 0 spiro atoms. The Hall–Kier alpha value is -1.95. The van der Waals surface area contributed by atoms with Crippen molar-refractivity contribution >= 4 is 28.4 Å². The Balaban J connectivity index is 2.13. The predicted octanol–water partition coefficient (Wildman–Crippen LogP) is 3.36. The molecule has 2 aromatic rings. The Bertz CT molecular complexity index is 759. The van der Waals surface area contributed by atoms with Crippen LogP contribution in [0.25, 0.3) is 16.6 Å². The number of halogens is 1. The van der Waals surface area contributed by atoms with Gasteiger partial charge in [-0.15, -0.1) is 11.8 Å². The first-order valence-corrected chi connectivity index (χ1v) is 8.32. The van der Waals surface area contributed by atoms with Gasteiger partial charge in [0.2, 0.25) is 0 Å². The Morgan fingerprint density at radius 1 is 1.50 bits per heavy atom. The molecule has 0 saturated heterocycles. The first-order chi connectivity index (χ1) is 10.6. The van der Waals surface area contributed by atoms with Gasteiger partial charge in [0.1, 0.15) is 11.6 Å². The van der Waals surface area contributed by atoms with Gasteiger partial charge in [-0.1, -0.05) is 6.92 Å². The molecule has 6 heteroatoms. The minimum absolute atomic E-state index is 0.254. The van der Waals surface area contributed by atoms with Gasteiger partial charge >= 0.3 is 0 Å². The van der Waals surface area contributed by atoms with Gasteiger partial charge in [-0.2, -0.15) is 0 Å². The average molecular weight is 318 g/mol. The lowest BCUT2D eigenvalue weighted by Gasteiger charge is -2.09. The summed E-state index contributed by atoms with van der Waals surface area (Å²) >= 11 is 1.55. The van der Waals surface area contributed by atoms with Gasteiger partial charge in [0, 0.05) is 17.8 Å². The van der Waals surface area contributed by atoms with Crippen molar-refractivity contribution in [1.29, 1.82) is 0 Å². The highest BCUT2D eigenvalue weighted by Gasteiger charge is 2.29. The molecule has 0 aliphatic heterocycles. The summed E-state index contributed by atoms with van der Waals surface area (Å²) in [5.41, 5.74) is 14.1. The van der Waals surface area contributed by atoms with Crippen molar-refractivity contribution < 1.29 is 4.39 Å². The average Bonchev–Trinajstić information content (AvgIpc) is 3.26. The summed E-state index contributed by atoms with van der Waals surface area (Å²) in [5, 5.41) is 0.694. The van der Waals surface area contributed by atoms with E-state index in [9.17, 15) is 4.39 Å². The van der Waals surface area contributed by atoms with Crippen LogP contribution in [-0.2, 0) is 0 Å². The molecule has 0 unspecified atom stereocenters. The molecule has 1 aromatic carbocycles. The van der Waals surface area contributed by atoms with E-state index < -0.39 is 0 Å². The topological polar surface area (TPSA) is 69.9 Å². The van der Waals surface area contributed by atoms with Crippen LogP contribution in [0, 0.1) is 5.82 Å². The third-order valence-electron chi connectivity index (χ3n) is 3.61. The molecule has 1 aliphatic rings. The summed E-state index contributed by atoms with van der Waals surface area (Å²) in [5.74, 6) is 1.39. The summed E-state index contributed by atoms with van der Waals surface area (Å²) in [6.45, 7) is 2.04. The van der Waals surface area contributed by atoms with Crippen molar-refractivity contribution in [2.45, 2.75) is 25.8 Å². The van der Waals surface area contributed by atoms with E-state index in [0.717, 1.165) is 41.0 Å². The van der Waals surface area contributed by atoms with Gasteiger partial charge in [0.15, 0.2) is 0 Å². The van der Waals surface area contributed by atoms with Crippen molar-refractivity contribution in [3.8, 4) is 0 Å². The summed E-state index contributed by atoms with van der Waals surface area (Å²) in [6, 6.07) is 5.03. The van der Waals surface area contributed by atoms with Gasteiger partial charge < -0.3 is 16.0 Å². The summed E-state index contributed by atoms with van der Waals surface area (Å²) in [4.78, 5) is 4.64. The molecule has 4 nitrogen and oxygen atoms in total. The number of imidazole rings is 1. The van der Waals surface area contributed by atoms with Crippen LogP contribution in [0.1, 0.15) is 31.6 Å². The van der Waals surface area contributed by atoms with Crippen LogP contribution in [0.4, 0.5) is 4.39 Å². The summed E-state index contributed by atoms with van der Waals surface area (Å²) < 4.78 is 15.7. The van der Waals surface area contributed by atoms with Crippen molar-refractivity contribution in [3.63, 3.8) is 0 Å². The third kappa shape index (κ3) is 2.83. The number of hydrogen-bond acceptors (Lipinski definition) is 4. The van der Waals surface area contributed by atoms with E-state index in [1.165, 1.54) is 18.3 Å². The van der Waals surface area contributed by atoms with Crippen molar-refractivity contribution in [1.82, 2.24) is 9.55 Å². The number of allylic oxidation sites excluding steroid dienone is 2. The Morgan fingerprint density at radius 2 is 2.27 bits per heavy atom. The molecule has 1 aromatic heterocycles. The molecule has 22 heavy (non-hydrogen) atoms. The lowest BCUT2D eigenvalue weighted by atomic mass is 10.2. The molecule has 3 rings (SSSR count). The maximum absolute atomic E-state index is 13.6. The van der Waals surface area contributed by atoms with Crippen LogP contribution in [-0.4, -0.2) is 15.3 Å². The van der Waals surface area contributed by atoms with Crippen LogP contribution in [0.15, 0.2) is 35.5 Å². The largest absolute Gasteiger partial charge is 0.404 e. The Kier molecular flexibility index (Phi) is 4.11. The molecule has 0 radical (unpaired) electrons. The number of fused-ring (bicyclic) bond motifs is 1. The molecule has 4 N–H and O–H groups in total. The Morgan fingerprint density at radius 3 is 2.91 bits per heavy atom. The maximum atomic E-state index is 13.6. The van der Waals surface area contributed by atoms with Gasteiger partial charge in [-0.3, -0.25) is 0 Å². The van der Waals surface area contributed by atoms with Crippen LogP contribution >= 0.6 is 11.8 Å². The molecule has 0 atom stereocenters. The molecular formula is C16H19FN4S. The van der Waals surface area contributed by atoms with Gasteiger partial charge in [-0.05, 0) is 42.9 Å². The number of rotatable bonds is 5. The number of nitrogens with zero attached hydrogens (tertiary/aromatic N) is 2. The Labute approximate surface area is 133 Å². The van der Waals surface area contributed by atoms with E-state index in [4.69, 9.17) is 11.5 Å². The van der Waals surface area contributed by atoms with Crippen LogP contribution in [0.5, 0.6) is 0 Å². The fourth-order valence-corrected chi connectivity index (χ4v) is 3.06. The zero-order valence-electron chi connectivity index (χ0n) is 12.4. The molecule has 116 valence electrons. The van der Waals surface area contributed by atoms with Crippen molar-refractivity contribution in [2.24, 2.45) is 11.5 Å². The van der Waals surface area contributed by atoms with Crippen LogP contribution in [0.3, 0.4) is 0 Å². The molecular weight excluding hydrogens is 299 g/mol. The SMILES string of the molecule is CCS/C(N)=C/C(=C\N)c1nc2ccc(F)cc2n1C1CC1. The van der Waals surface area contributed by atoms with E-state index >= 15 is 0 Å². The fourth-order valence-electron chi connectivity index (χ4n) is 2.52. The minimum atomic E-state index is -0.254. The normalized spacial score (nSPS) is 16.5. The quantitative estimate of drug-likeness (QED) is 0.829. The number of thioether (sulfide) groups is 1. The van der Waals surface area contributed by atoms with Crippen molar-refractivity contribution in [3.05, 3.63) is 47.1 Å². The summed E-state index contributed by atoms with van der Waals surface area (Å²) in [6.07, 6.45) is 5.51. The van der Waals surface area contributed by atoms with Crippen LogP contribution in [0.2, 0.25) is 0 Å². The van der Waals surface area contributed by atoms with E-state index in [0.29, 0.717) is 11.1 Å². The molecule has 1 saturated carbocycles. The molecule has 1 fully saturated rings. The molecule has 1 heterocycles. The standard InChI is InChI=1S/C16H19FN4S/c1-2-22-15(19)7-10(9-18)16-20-13-6-3-11(17)8-14(13)21(16)12-4-5-12/h3,6-9,12H,2,4-5,18-19H2,1H3/b10-9+,15-7+. The summed E-state index contributed by atoms with van der Waals surface area (Å²) in [7, 11) is 0. The zero-order valence-corrected chi connectivity index (χ0v) is 13.2. The van der Waals surface area contributed by atoms with E-state index in [2.05, 4.69) is 9.55 Å². The van der Waals surface area contributed by atoms with Crippen molar-refractivity contribution in [2.75, 3.05) is 5.75 Å². The number of hydrogen-bond donors (Lipinski definition) is 2.